The van der Waals surface area contributed by atoms with Crippen molar-refractivity contribution in [1.29, 1.82) is 0 Å². The van der Waals surface area contributed by atoms with E-state index in [-0.39, 0.29) is 0 Å². The average molecular weight is 300 g/mol. The van der Waals surface area contributed by atoms with Crippen molar-refractivity contribution in [3.05, 3.63) is 60.7 Å². The van der Waals surface area contributed by atoms with E-state index in [0.29, 0.717) is 0 Å². The summed E-state index contributed by atoms with van der Waals surface area (Å²) in [5, 5.41) is 3.02. The van der Waals surface area contributed by atoms with E-state index < -0.39 is 16.3 Å². The highest BCUT2D eigenvalue weighted by molar-refractivity contribution is 6.93. The van der Waals surface area contributed by atoms with Crippen LogP contribution in [0.1, 0.15) is 0 Å². The van der Waals surface area contributed by atoms with E-state index in [4.69, 9.17) is 0 Å². The summed E-state index contributed by atoms with van der Waals surface area (Å²) in [6.07, 6.45) is 1.14. The number of hydrogen-bond acceptors (Lipinski definition) is 1. The fourth-order valence-corrected chi connectivity index (χ4v) is 8.45. The fraction of sp³-hybridized carbons (Fsp3) is 0.294. The molecule has 106 valence electrons. The molecule has 1 nitrogen and oxygen atoms in total. The number of hydrogen-bond donors (Lipinski definition) is 1. The largest absolute Gasteiger partial charge is 0.336 e. The van der Waals surface area contributed by atoms with Crippen molar-refractivity contribution >= 4 is 26.7 Å². The first-order chi connectivity index (χ1) is 9.42. The average Bonchev–Trinajstić information content (AvgIpc) is 2.47. The quantitative estimate of drug-likeness (QED) is 0.837. The minimum absolute atomic E-state index is 1.14. The molecule has 0 amide bonds. The summed E-state index contributed by atoms with van der Waals surface area (Å²) in [6, 6.07) is 21.9. The summed E-state index contributed by atoms with van der Waals surface area (Å²) in [4.78, 5) is 3.91. The summed E-state index contributed by atoms with van der Waals surface area (Å²) < 4.78 is 0. The van der Waals surface area contributed by atoms with Crippen LogP contribution in [0.5, 0.6) is 0 Å². The van der Waals surface area contributed by atoms with E-state index in [9.17, 15) is 0 Å². The lowest BCUT2D eigenvalue weighted by Crippen LogP contribution is -2.62. The van der Waals surface area contributed by atoms with Gasteiger partial charge in [-0.2, -0.15) is 0 Å². The van der Waals surface area contributed by atoms with Crippen LogP contribution in [0.15, 0.2) is 60.7 Å². The van der Waals surface area contributed by atoms with Crippen LogP contribution in [0.25, 0.3) is 0 Å². The van der Waals surface area contributed by atoms with Gasteiger partial charge in [0.1, 0.15) is 0 Å². The van der Waals surface area contributed by atoms with Crippen LogP contribution in [0.4, 0.5) is 0 Å². The van der Waals surface area contributed by atoms with E-state index in [0.717, 1.165) is 6.17 Å². The summed E-state index contributed by atoms with van der Waals surface area (Å²) in [7, 11) is -2.94. The lowest BCUT2D eigenvalue weighted by Gasteiger charge is -2.31. The maximum absolute atomic E-state index is 3.91. The fourth-order valence-electron chi connectivity index (χ4n) is 2.39. The van der Waals surface area contributed by atoms with Gasteiger partial charge in [-0.15, -0.1) is 0 Å². The van der Waals surface area contributed by atoms with Gasteiger partial charge in [-0.05, 0) is 11.4 Å². The molecule has 0 spiro atoms. The molecule has 0 fully saturated rings. The monoisotopic (exact) mass is 299 g/mol. The SMILES string of the molecule is C[Si](C)(CN[Si](C)(C)c1ccccc1)c1ccccc1. The summed E-state index contributed by atoms with van der Waals surface area (Å²) >= 11 is 0. The Morgan fingerprint density at radius 2 is 1.15 bits per heavy atom. The van der Waals surface area contributed by atoms with Gasteiger partial charge in [-0.1, -0.05) is 92.0 Å². The van der Waals surface area contributed by atoms with Crippen molar-refractivity contribution in [1.82, 2.24) is 4.98 Å². The van der Waals surface area contributed by atoms with Crippen LogP contribution in [0, 0.1) is 0 Å². The maximum atomic E-state index is 3.91. The topological polar surface area (TPSA) is 12.0 Å². The van der Waals surface area contributed by atoms with E-state index >= 15 is 0 Å². The normalized spacial score (nSPS) is 12.4. The standard InChI is InChI=1S/C17H25NSi2/c1-19(2,16-11-7-5-8-12-16)15-18-20(3,4)17-13-9-6-10-14-17/h5-14,18H,15H2,1-4H3. The molecule has 0 atom stereocenters. The lowest BCUT2D eigenvalue weighted by atomic mass is 10.4. The smallest absolute Gasteiger partial charge is 0.151 e. The van der Waals surface area contributed by atoms with E-state index in [1.54, 1.807) is 0 Å². The van der Waals surface area contributed by atoms with Crippen molar-refractivity contribution in [2.75, 3.05) is 6.17 Å². The van der Waals surface area contributed by atoms with E-state index in [1.807, 2.05) is 0 Å². The Hall–Kier alpha value is -1.17. The molecule has 0 heterocycles. The molecule has 0 radical (unpaired) electrons. The lowest BCUT2D eigenvalue weighted by molar-refractivity contribution is 1.09. The first-order valence-electron chi connectivity index (χ1n) is 7.28. The zero-order valence-electron chi connectivity index (χ0n) is 13.0. The van der Waals surface area contributed by atoms with Gasteiger partial charge < -0.3 is 4.98 Å². The van der Waals surface area contributed by atoms with Crippen LogP contribution in [-0.4, -0.2) is 22.5 Å². The van der Waals surface area contributed by atoms with Crippen molar-refractivity contribution in [2.45, 2.75) is 26.2 Å². The van der Waals surface area contributed by atoms with Crippen LogP contribution >= 0.6 is 0 Å². The molecule has 0 aliphatic rings. The Labute approximate surface area is 125 Å². The summed E-state index contributed by atoms with van der Waals surface area (Å²) in [5.74, 6) is 0. The van der Waals surface area contributed by atoms with Gasteiger partial charge in [0.05, 0.1) is 8.07 Å². The van der Waals surface area contributed by atoms with Crippen molar-refractivity contribution in [3.8, 4) is 0 Å². The number of nitrogens with one attached hydrogen (secondary N) is 1. The van der Waals surface area contributed by atoms with Gasteiger partial charge in [0, 0.05) is 0 Å². The third-order valence-electron chi connectivity index (χ3n) is 4.02. The Morgan fingerprint density at radius 1 is 0.700 bits per heavy atom. The molecule has 2 rings (SSSR count). The third kappa shape index (κ3) is 3.69. The molecule has 0 unspecified atom stereocenters. The highest BCUT2D eigenvalue weighted by Gasteiger charge is 2.29. The summed E-state index contributed by atoms with van der Waals surface area (Å²) in [5.41, 5.74) is 0. The Kier molecular flexibility index (Phi) is 4.63. The molecule has 2 aromatic carbocycles. The predicted octanol–water partition coefficient (Wildman–Crippen LogP) is 2.84. The van der Waals surface area contributed by atoms with Crippen molar-refractivity contribution in [3.63, 3.8) is 0 Å². The molecular formula is C17H25NSi2. The highest BCUT2D eigenvalue weighted by Crippen LogP contribution is 2.05. The van der Waals surface area contributed by atoms with Gasteiger partial charge in [0.25, 0.3) is 0 Å². The first kappa shape index (κ1) is 15.2. The zero-order valence-corrected chi connectivity index (χ0v) is 15.0. The maximum Gasteiger partial charge on any atom is 0.151 e. The van der Waals surface area contributed by atoms with Crippen molar-refractivity contribution < 1.29 is 0 Å². The molecule has 20 heavy (non-hydrogen) atoms. The molecule has 0 saturated heterocycles. The third-order valence-corrected chi connectivity index (χ3v) is 10.2. The van der Waals surface area contributed by atoms with Gasteiger partial charge in [-0.25, -0.2) is 0 Å². The van der Waals surface area contributed by atoms with Gasteiger partial charge in [0.2, 0.25) is 0 Å². The molecule has 1 N–H and O–H groups in total. The van der Waals surface area contributed by atoms with Crippen LogP contribution in [0.2, 0.25) is 26.2 Å². The van der Waals surface area contributed by atoms with Crippen LogP contribution < -0.4 is 15.4 Å². The molecule has 0 aromatic heterocycles. The number of benzene rings is 2. The second kappa shape index (κ2) is 6.08. The second-order valence-electron chi connectivity index (χ2n) is 6.59. The molecule has 2 aromatic rings. The Morgan fingerprint density at radius 3 is 1.65 bits per heavy atom. The minimum atomic E-state index is -1.54. The first-order valence-corrected chi connectivity index (χ1v) is 13.5. The van der Waals surface area contributed by atoms with Crippen molar-refractivity contribution in [2.24, 2.45) is 0 Å². The number of rotatable bonds is 5. The highest BCUT2D eigenvalue weighted by atomic mass is 28.3. The van der Waals surface area contributed by atoms with E-state index in [1.165, 1.54) is 10.4 Å². The second-order valence-corrected chi connectivity index (χ2v) is 15.5. The molecular weight excluding hydrogens is 274 g/mol. The molecule has 0 aliphatic carbocycles. The zero-order chi connectivity index (χ0) is 14.6. The van der Waals surface area contributed by atoms with Gasteiger partial charge in [0.15, 0.2) is 8.24 Å². The molecule has 0 bridgehead atoms. The minimum Gasteiger partial charge on any atom is -0.336 e. The van der Waals surface area contributed by atoms with E-state index in [2.05, 4.69) is 91.8 Å². The Bertz CT molecular complexity index is 484. The van der Waals surface area contributed by atoms with Crippen LogP contribution in [0.3, 0.4) is 0 Å². The predicted molar refractivity (Wildman–Crippen MR) is 95.1 cm³/mol. The molecule has 3 heteroatoms. The molecule has 0 saturated carbocycles. The van der Waals surface area contributed by atoms with Gasteiger partial charge in [-0.3, -0.25) is 0 Å². The van der Waals surface area contributed by atoms with Gasteiger partial charge >= 0.3 is 0 Å². The Balaban J connectivity index is 2.08. The molecule has 0 aliphatic heterocycles. The summed E-state index contributed by atoms with van der Waals surface area (Å²) in [6.45, 7) is 9.70. The van der Waals surface area contributed by atoms with Crippen LogP contribution in [-0.2, 0) is 0 Å².